The molecule has 0 aliphatic heterocycles. The maximum Gasteiger partial charge on any atom is 0.317 e. The van der Waals surface area contributed by atoms with Gasteiger partial charge in [-0.15, -0.1) is 0 Å². The molecule has 1 amide bonds. The van der Waals surface area contributed by atoms with Crippen molar-refractivity contribution in [3.05, 3.63) is 89.7 Å². The van der Waals surface area contributed by atoms with E-state index >= 15 is 0 Å². The van der Waals surface area contributed by atoms with E-state index in [9.17, 15) is 18.9 Å². The third-order valence-corrected chi connectivity index (χ3v) is 5.95. The zero-order valence-electron chi connectivity index (χ0n) is 15.6. The van der Waals surface area contributed by atoms with Crippen LogP contribution in [-0.2, 0) is 14.5 Å². The molecule has 3 aromatic rings. The molecular weight excluding hydrogens is 404 g/mol. The molecule has 0 aliphatic rings. The van der Waals surface area contributed by atoms with Gasteiger partial charge < -0.3 is 10.2 Å². The van der Waals surface area contributed by atoms with Crippen LogP contribution in [0.2, 0.25) is 0 Å². The summed E-state index contributed by atoms with van der Waals surface area (Å²) < 4.78 is 16.9. The van der Waals surface area contributed by atoms with Crippen molar-refractivity contribution in [2.24, 2.45) is 4.36 Å². The summed E-state index contributed by atoms with van der Waals surface area (Å²) in [5.74, 6) is 2.77. The number of hydrogen-bond acceptors (Lipinski definition) is 5. The topological polar surface area (TPSA) is 117 Å². The number of carbonyl (C=O) groups is 2. The molecule has 2 aromatic carbocycles. The van der Waals surface area contributed by atoms with Gasteiger partial charge in [-0.2, -0.15) is 4.36 Å². The van der Waals surface area contributed by atoms with Gasteiger partial charge in [-0.1, -0.05) is 36.1 Å². The first-order chi connectivity index (χ1) is 14.4. The number of rotatable bonds is 4. The van der Waals surface area contributed by atoms with Crippen molar-refractivity contribution < 1.29 is 24.0 Å². The summed E-state index contributed by atoms with van der Waals surface area (Å²) in [6.07, 6.45) is 2.69. The third kappa shape index (κ3) is 5.31. The van der Waals surface area contributed by atoms with Gasteiger partial charge in [0, 0.05) is 28.4 Å². The van der Waals surface area contributed by atoms with Gasteiger partial charge in [0.25, 0.3) is 5.91 Å². The lowest BCUT2D eigenvalue weighted by Crippen LogP contribution is -2.17. The van der Waals surface area contributed by atoms with Crippen LogP contribution in [0.1, 0.15) is 21.5 Å². The predicted octanol–water partition coefficient (Wildman–Crippen LogP) is 2.94. The Morgan fingerprint density at radius 1 is 0.967 bits per heavy atom. The standard InChI is InChI=1S/C22H16N2O5S/c25-19-6-4-5-16(12-19)9-10-17-11-18(14-23-13-17)22(28)24-30(29,15-21(26)27)20-7-2-1-3-8-20/h1-8,11-14,25H,15H2,(H,26,27). The summed E-state index contributed by atoms with van der Waals surface area (Å²) in [6, 6.07) is 15.6. The number of pyridine rings is 1. The molecule has 1 atom stereocenters. The maximum absolute atomic E-state index is 13.2. The van der Waals surface area contributed by atoms with Crippen LogP contribution in [0.5, 0.6) is 5.75 Å². The molecule has 3 rings (SSSR count). The number of hydrogen-bond donors (Lipinski definition) is 2. The molecule has 0 saturated carbocycles. The molecule has 0 aliphatic carbocycles. The highest BCUT2D eigenvalue weighted by Crippen LogP contribution is 2.16. The average molecular weight is 420 g/mol. The Hall–Kier alpha value is -3.96. The minimum Gasteiger partial charge on any atom is -0.508 e. The first-order valence-corrected chi connectivity index (χ1v) is 10.4. The number of carboxylic acid groups (broad SMARTS) is 1. The molecule has 7 nitrogen and oxygen atoms in total. The largest absolute Gasteiger partial charge is 0.508 e. The van der Waals surface area contributed by atoms with Crippen LogP contribution in [0.25, 0.3) is 0 Å². The highest BCUT2D eigenvalue weighted by Gasteiger charge is 2.20. The zero-order valence-corrected chi connectivity index (χ0v) is 16.4. The predicted molar refractivity (Wildman–Crippen MR) is 110 cm³/mol. The molecule has 30 heavy (non-hydrogen) atoms. The number of aromatic nitrogens is 1. The van der Waals surface area contributed by atoms with Crippen LogP contribution in [0.3, 0.4) is 0 Å². The second-order valence-electron chi connectivity index (χ2n) is 6.15. The monoisotopic (exact) mass is 420 g/mol. The van der Waals surface area contributed by atoms with Crippen LogP contribution < -0.4 is 0 Å². The van der Waals surface area contributed by atoms with Gasteiger partial charge in [-0.05, 0) is 36.4 Å². The molecule has 2 N–H and O–H groups in total. The van der Waals surface area contributed by atoms with Gasteiger partial charge in [0.05, 0.1) is 15.3 Å². The Labute approximate surface area is 173 Å². The van der Waals surface area contributed by atoms with E-state index in [0.717, 1.165) is 0 Å². The van der Waals surface area contributed by atoms with Crippen LogP contribution >= 0.6 is 0 Å². The van der Waals surface area contributed by atoms with E-state index in [-0.39, 0.29) is 16.2 Å². The molecule has 0 fully saturated rings. The highest BCUT2D eigenvalue weighted by atomic mass is 32.2. The Kier molecular flexibility index (Phi) is 6.25. The lowest BCUT2D eigenvalue weighted by molar-refractivity contribution is -0.134. The summed E-state index contributed by atoms with van der Waals surface area (Å²) in [7, 11) is -3.50. The smallest absolute Gasteiger partial charge is 0.317 e. The van der Waals surface area contributed by atoms with Crippen LogP contribution in [-0.4, -0.2) is 37.0 Å². The van der Waals surface area contributed by atoms with Crippen molar-refractivity contribution in [2.45, 2.75) is 4.90 Å². The van der Waals surface area contributed by atoms with Gasteiger partial charge in [0.1, 0.15) is 11.5 Å². The van der Waals surface area contributed by atoms with E-state index in [4.69, 9.17) is 5.11 Å². The third-order valence-electron chi connectivity index (χ3n) is 3.84. The number of benzene rings is 2. The molecule has 1 heterocycles. The molecule has 1 aromatic heterocycles. The van der Waals surface area contributed by atoms with Crippen molar-refractivity contribution in [1.82, 2.24) is 4.98 Å². The van der Waals surface area contributed by atoms with Crippen LogP contribution in [0.15, 0.2) is 82.3 Å². The Balaban J connectivity index is 1.96. The second-order valence-corrected chi connectivity index (χ2v) is 8.37. The summed E-state index contributed by atoms with van der Waals surface area (Å²) in [5, 5.41) is 18.6. The lowest BCUT2D eigenvalue weighted by atomic mass is 10.1. The molecular formula is C22H16N2O5S. The fourth-order valence-electron chi connectivity index (χ4n) is 2.51. The van der Waals surface area contributed by atoms with E-state index in [1.54, 1.807) is 30.3 Å². The maximum atomic E-state index is 13.2. The SMILES string of the molecule is O=C(O)CS(=O)(=NC(=O)c1cncc(C#Cc2cccc(O)c2)c1)c1ccccc1. The number of phenolic OH excluding ortho intramolecular Hbond substituents is 1. The normalized spacial score (nSPS) is 12.1. The fourth-order valence-corrected chi connectivity index (χ4v) is 4.14. The highest BCUT2D eigenvalue weighted by molar-refractivity contribution is 7.94. The van der Waals surface area contributed by atoms with E-state index in [2.05, 4.69) is 21.2 Å². The average Bonchev–Trinajstić information content (AvgIpc) is 2.72. The van der Waals surface area contributed by atoms with E-state index in [1.807, 2.05) is 0 Å². The fraction of sp³-hybridized carbons (Fsp3) is 0.0455. The van der Waals surface area contributed by atoms with Gasteiger partial charge in [0.15, 0.2) is 0 Å². The molecule has 150 valence electrons. The van der Waals surface area contributed by atoms with Gasteiger partial charge in [0.2, 0.25) is 0 Å². The molecule has 0 saturated heterocycles. The van der Waals surface area contributed by atoms with Gasteiger partial charge in [-0.25, -0.2) is 4.21 Å². The number of aliphatic carboxylic acids is 1. The van der Waals surface area contributed by atoms with E-state index in [1.165, 1.54) is 42.7 Å². The molecule has 0 radical (unpaired) electrons. The quantitative estimate of drug-likeness (QED) is 0.627. The number of nitrogens with zero attached hydrogens (tertiary/aromatic N) is 2. The van der Waals surface area contributed by atoms with Gasteiger partial charge >= 0.3 is 5.97 Å². The molecule has 1 unspecified atom stereocenters. The summed E-state index contributed by atoms with van der Waals surface area (Å²) >= 11 is 0. The number of carbonyl (C=O) groups excluding carboxylic acids is 1. The second kappa shape index (κ2) is 9.03. The van der Waals surface area contributed by atoms with Gasteiger partial charge in [-0.3, -0.25) is 14.6 Å². The zero-order chi connectivity index (χ0) is 21.6. The Morgan fingerprint density at radius 2 is 1.70 bits per heavy atom. The molecule has 8 heteroatoms. The van der Waals surface area contributed by atoms with Crippen molar-refractivity contribution in [2.75, 3.05) is 5.75 Å². The number of phenols is 1. The van der Waals surface area contributed by atoms with E-state index < -0.39 is 27.4 Å². The first kappa shape index (κ1) is 20.8. The van der Waals surface area contributed by atoms with Crippen molar-refractivity contribution in [1.29, 1.82) is 0 Å². The Bertz CT molecular complexity index is 1280. The Morgan fingerprint density at radius 3 is 2.40 bits per heavy atom. The van der Waals surface area contributed by atoms with Crippen LogP contribution in [0.4, 0.5) is 0 Å². The minimum absolute atomic E-state index is 0.0340. The molecule has 0 spiro atoms. The number of carboxylic acids is 1. The summed E-state index contributed by atoms with van der Waals surface area (Å²) in [4.78, 5) is 27.9. The lowest BCUT2D eigenvalue weighted by Gasteiger charge is -2.07. The number of aromatic hydroxyl groups is 1. The van der Waals surface area contributed by atoms with Crippen molar-refractivity contribution in [3.8, 4) is 17.6 Å². The minimum atomic E-state index is -3.50. The van der Waals surface area contributed by atoms with Crippen molar-refractivity contribution in [3.63, 3.8) is 0 Å². The van der Waals surface area contributed by atoms with Crippen LogP contribution in [0, 0.1) is 11.8 Å². The van der Waals surface area contributed by atoms with E-state index in [0.29, 0.717) is 11.1 Å². The van der Waals surface area contributed by atoms with Crippen molar-refractivity contribution >= 4 is 21.6 Å². The first-order valence-electron chi connectivity index (χ1n) is 8.68. The molecule has 0 bridgehead atoms. The summed E-state index contributed by atoms with van der Waals surface area (Å²) in [6.45, 7) is 0. The summed E-state index contributed by atoms with van der Waals surface area (Å²) in [5.41, 5.74) is 1.01. The number of amides is 1.